The van der Waals surface area contributed by atoms with E-state index < -0.39 is 0 Å². The molecule has 0 saturated heterocycles. The molecule has 3 rings (SSSR count). The summed E-state index contributed by atoms with van der Waals surface area (Å²) in [5.41, 5.74) is 2.90. The maximum absolute atomic E-state index is 4.59. The molecule has 9 nitrogen and oxygen atoms in total. The molecule has 24 heavy (non-hydrogen) atoms. The van der Waals surface area contributed by atoms with E-state index in [0.717, 1.165) is 49.3 Å². The number of aromatic amines is 1. The smallest absolute Gasteiger partial charge is 0.223 e. The van der Waals surface area contributed by atoms with E-state index in [1.54, 1.807) is 6.20 Å². The molecule has 0 amide bonds. The second-order valence-corrected chi connectivity index (χ2v) is 5.52. The number of tetrazole rings is 1. The number of H-pyrrole nitrogens is 1. The van der Waals surface area contributed by atoms with Crippen molar-refractivity contribution in [1.29, 1.82) is 0 Å². The lowest BCUT2D eigenvalue weighted by Gasteiger charge is -2.05. The van der Waals surface area contributed by atoms with Gasteiger partial charge in [-0.1, -0.05) is 12.1 Å². The van der Waals surface area contributed by atoms with Crippen LogP contribution in [0.25, 0.3) is 11.3 Å². The van der Waals surface area contributed by atoms with Gasteiger partial charge in [0.15, 0.2) is 5.82 Å². The summed E-state index contributed by atoms with van der Waals surface area (Å²) < 4.78 is 1.96. The van der Waals surface area contributed by atoms with Crippen LogP contribution in [0.5, 0.6) is 0 Å². The van der Waals surface area contributed by atoms with Crippen LogP contribution in [0.1, 0.15) is 31.3 Å². The Morgan fingerprint density at radius 1 is 1.33 bits per heavy atom. The number of nitrogens with zero attached hydrogens (tertiary/aromatic N) is 7. The third-order valence-corrected chi connectivity index (χ3v) is 3.58. The fourth-order valence-corrected chi connectivity index (χ4v) is 2.44. The molecule has 126 valence electrons. The van der Waals surface area contributed by atoms with E-state index in [-0.39, 0.29) is 0 Å². The second kappa shape index (κ2) is 7.62. The van der Waals surface area contributed by atoms with Crippen molar-refractivity contribution in [3.8, 4) is 11.3 Å². The Labute approximate surface area is 139 Å². The van der Waals surface area contributed by atoms with Gasteiger partial charge in [0.25, 0.3) is 0 Å². The van der Waals surface area contributed by atoms with Crippen molar-refractivity contribution in [1.82, 2.24) is 40.4 Å². The molecular weight excluding hydrogens is 306 g/mol. The SMILES string of the molecule is CCCn1cc(-c2ccnc(NCCCc3nn[nH]n3)n2)c(C)n1. The molecule has 0 fully saturated rings. The molecular formula is C15H21N9. The van der Waals surface area contributed by atoms with Crippen molar-refractivity contribution in [2.75, 3.05) is 11.9 Å². The highest BCUT2D eigenvalue weighted by molar-refractivity contribution is 5.61. The van der Waals surface area contributed by atoms with Gasteiger partial charge < -0.3 is 5.32 Å². The highest BCUT2D eigenvalue weighted by Crippen LogP contribution is 2.21. The molecule has 0 radical (unpaired) electrons. The van der Waals surface area contributed by atoms with E-state index in [9.17, 15) is 0 Å². The molecule has 0 bridgehead atoms. The van der Waals surface area contributed by atoms with Gasteiger partial charge in [0.1, 0.15) is 0 Å². The highest BCUT2D eigenvalue weighted by atomic mass is 15.5. The van der Waals surface area contributed by atoms with Crippen molar-refractivity contribution in [3.05, 3.63) is 30.0 Å². The predicted molar refractivity (Wildman–Crippen MR) is 89.3 cm³/mol. The molecule has 0 aliphatic heterocycles. The van der Waals surface area contributed by atoms with Gasteiger partial charge in [0.05, 0.1) is 11.4 Å². The van der Waals surface area contributed by atoms with E-state index in [2.05, 4.69) is 47.9 Å². The Bertz CT molecular complexity index is 763. The maximum Gasteiger partial charge on any atom is 0.223 e. The summed E-state index contributed by atoms with van der Waals surface area (Å²) in [6, 6.07) is 1.91. The van der Waals surface area contributed by atoms with Gasteiger partial charge in [-0.15, -0.1) is 10.2 Å². The zero-order valence-electron chi connectivity index (χ0n) is 13.9. The summed E-state index contributed by atoms with van der Waals surface area (Å²) in [6.45, 7) is 5.79. The predicted octanol–water partition coefficient (Wildman–Crippen LogP) is 1.62. The summed E-state index contributed by atoms with van der Waals surface area (Å²) in [7, 11) is 0. The Morgan fingerprint density at radius 3 is 3.04 bits per heavy atom. The molecule has 0 aliphatic carbocycles. The first-order valence-corrected chi connectivity index (χ1v) is 8.10. The zero-order chi connectivity index (χ0) is 16.8. The van der Waals surface area contributed by atoms with Gasteiger partial charge in [-0.3, -0.25) is 4.68 Å². The largest absolute Gasteiger partial charge is 0.354 e. The lowest BCUT2D eigenvalue weighted by atomic mass is 10.2. The average molecular weight is 327 g/mol. The normalized spacial score (nSPS) is 10.9. The number of aryl methyl sites for hydroxylation is 3. The minimum atomic E-state index is 0.614. The molecule has 0 spiro atoms. The minimum Gasteiger partial charge on any atom is -0.354 e. The maximum atomic E-state index is 4.59. The quantitative estimate of drug-likeness (QED) is 0.605. The van der Waals surface area contributed by atoms with Crippen molar-refractivity contribution in [3.63, 3.8) is 0 Å². The van der Waals surface area contributed by atoms with Crippen molar-refractivity contribution >= 4 is 5.95 Å². The molecule has 0 aliphatic rings. The molecule has 2 N–H and O–H groups in total. The molecule has 3 aromatic rings. The summed E-state index contributed by atoms with van der Waals surface area (Å²) in [6.07, 6.45) is 6.49. The zero-order valence-corrected chi connectivity index (χ0v) is 13.9. The van der Waals surface area contributed by atoms with Crippen LogP contribution < -0.4 is 5.32 Å². The summed E-state index contributed by atoms with van der Waals surface area (Å²) in [5.74, 6) is 1.33. The standard InChI is InChI=1S/C15H21N9/c1-3-9-24-10-12(11(2)21-24)13-6-8-17-15(18-13)16-7-4-5-14-19-22-23-20-14/h6,8,10H,3-5,7,9H2,1-2H3,(H,16,17,18)(H,19,20,22,23). The Morgan fingerprint density at radius 2 is 2.25 bits per heavy atom. The van der Waals surface area contributed by atoms with Crippen molar-refractivity contribution in [2.24, 2.45) is 0 Å². The fourth-order valence-electron chi connectivity index (χ4n) is 2.44. The first-order chi connectivity index (χ1) is 11.8. The Hall–Kier alpha value is -2.84. The van der Waals surface area contributed by atoms with Crippen LogP contribution in [0, 0.1) is 6.92 Å². The molecule has 0 aromatic carbocycles. The van der Waals surface area contributed by atoms with E-state index >= 15 is 0 Å². The summed E-state index contributed by atoms with van der Waals surface area (Å²) in [5, 5.41) is 21.6. The van der Waals surface area contributed by atoms with E-state index in [1.807, 2.05) is 23.9 Å². The lowest BCUT2D eigenvalue weighted by Crippen LogP contribution is -2.07. The second-order valence-electron chi connectivity index (χ2n) is 5.52. The van der Waals surface area contributed by atoms with Gasteiger partial charge >= 0.3 is 0 Å². The van der Waals surface area contributed by atoms with Crippen LogP contribution in [0.2, 0.25) is 0 Å². The van der Waals surface area contributed by atoms with Gasteiger partial charge in [-0.05, 0) is 25.8 Å². The number of nitrogens with one attached hydrogen (secondary N) is 2. The van der Waals surface area contributed by atoms with Gasteiger partial charge in [0.2, 0.25) is 5.95 Å². The van der Waals surface area contributed by atoms with Gasteiger partial charge in [-0.25, -0.2) is 9.97 Å². The van der Waals surface area contributed by atoms with Crippen LogP contribution in [0.15, 0.2) is 18.5 Å². The van der Waals surface area contributed by atoms with Crippen molar-refractivity contribution in [2.45, 2.75) is 39.7 Å². The fraction of sp³-hybridized carbons (Fsp3) is 0.467. The number of hydrogen-bond donors (Lipinski definition) is 2. The number of hydrogen-bond acceptors (Lipinski definition) is 7. The topological polar surface area (TPSA) is 110 Å². The third-order valence-electron chi connectivity index (χ3n) is 3.58. The van der Waals surface area contributed by atoms with E-state index in [4.69, 9.17) is 0 Å². The number of rotatable bonds is 8. The number of anilines is 1. The van der Waals surface area contributed by atoms with E-state index in [1.165, 1.54) is 0 Å². The van der Waals surface area contributed by atoms with Crippen LogP contribution in [0.3, 0.4) is 0 Å². The molecule has 0 saturated carbocycles. The summed E-state index contributed by atoms with van der Waals surface area (Å²) >= 11 is 0. The molecule has 3 aromatic heterocycles. The van der Waals surface area contributed by atoms with E-state index in [0.29, 0.717) is 11.8 Å². The van der Waals surface area contributed by atoms with Crippen LogP contribution in [0.4, 0.5) is 5.95 Å². The third kappa shape index (κ3) is 3.92. The van der Waals surface area contributed by atoms with Crippen LogP contribution >= 0.6 is 0 Å². The molecule has 3 heterocycles. The average Bonchev–Trinajstić information content (AvgIpc) is 3.22. The first-order valence-electron chi connectivity index (χ1n) is 8.10. The molecule has 0 unspecified atom stereocenters. The van der Waals surface area contributed by atoms with Crippen LogP contribution in [-0.4, -0.2) is 46.9 Å². The van der Waals surface area contributed by atoms with Gasteiger partial charge in [-0.2, -0.15) is 10.3 Å². The van der Waals surface area contributed by atoms with Gasteiger partial charge in [0, 0.05) is 37.5 Å². The first kappa shape index (κ1) is 16.0. The molecule has 9 heteroatoms. The number of aromatic nitrogens is 8. The van der Waals surface area contributed by atoms with Crippen LogP contribution in [-0.2, 0) is 13.0 Å². The highest BCUT2D eigenvalue weighted by Gasteiger charge is 2.09. The minimum absolute atomic E-state index is 0.614. The lowest BCUT2D eigenvalue weighted by molar-refractivity contribution is 0.598. The van der Waals surface area contributed by atoms with Crippen molar-refractivity contribution < 1.29 is 0 Å². The molecule has 0 atom stereocenters. The Balaban J connectivity index is 1.61. The Kier molecular flexibility index (Phi) is 5.09. The monoisotopic (exact) mass is 327 g/mol. The summed E-state index contributed by atoms with van der Waals surface area (Å²) in [4.78, 5) is 8.86.